The van der Waals surface area contributed by atoms with Crippen LogP contribution in [0.15, 0.2) is 55.1 Å². The van der Waals surface area contributed by atoms with Gasteiger partial charge in [-0.2, -0.15) is 0 Å². The molecule has 1 heterocycles. The van der Waals surface area contributed by atoms with E-state index in [9.17, 15) is 18.3 Å². The van der Waals surface area contributed by atoms with Gasteiger partial charge in [0.25, 0.3) is 5.91 Å². The van der Waals surface area contributed by atoms with Crippen molar-refractivity contribution in [2.45, 2.75) is 94.8 Å². The van der Waals surface area contributed by atoms with Gasteiger partial charge in [-0.1, -0.05) is 56.2 Å². The number of anilines is 1. The molecule has 0 bridgehead atoms. The maximum Gasteiger partial charge on any atom is 0.267 e. The molecule has 1 saturated carbocycles. The van der Waals surface area contributed by atoms with Gasteiger partial charge in [-0.15, -0.1) is 6.58 Å². The molecule has 1 spiro atoms. The van der Waals surface area contributed by atoms with Crippen LogP contribution in [0.3, 0.4) is 0 Å². The van der Waals surface area contributed by atoms with Gasteiger partial charge >= 0.3 is 0 Å². The number of carbonyl (C=O) groups is 1. The normalized spacial score (nSPS) is 23.6. The summed E-state index contributed by atoms with van der Waals surface area (Å²) in [4.78, 5) is 15.6. The van der Waals surface area contributed by atoms with Gasteiger partial charge in [0.2, 0.25) is 10.0 Å². The Balaban J connectivity index is 1.50. The topological polar surface area (TPSA) is 95.9 Å². The highest BCUT2D eigenvalue weighted by Crippen LogP contribution is 2.47. The van der Waals surface area contributed by atoms with E-state index in [1.165, 1.54) is 17.7 Å². The van der Waals surface area contributed by atoms with Crippen LogP contribution in [0.1, 0.15) is 93.1 Å². The number of nitrogens with one attached hydrogen (secondary N) is 1. The molecule has 256 valence electrons. The summed E-state index contributed by atoms with van der Waals surface area (Å²) in [5, 5.41) is 10.9. The van der Waals surface area contributed by atoms with Crippen molar-refractivity contribution in [2.75, 3.05) is 24.6 Å². The Morgan fingerprint density at radius 1 is 1.26 bits per heavy atom. The largest absolute Gasteiger partial charge is 0.490 e. The van der Waals surface area contributed by atoms with E-state index < -0.39 is 38.5 Å². The second-order valence-corrected chi connectivity index (χ2v) is 15.9. The minimum Gasteiger partial charge on any atom is -0.490 e. The van der Waals surface area contributed by atoms with Crippen LogP contribution in [0.5, 0.6) is 5.75 Å². The molecule has 0 saturated heterocycles. The molecule has 2 N–H and O–H groups in total. The number of allylic oxidation sites excluding steroid dienone is 2. The molecule has 47 heavy (non-hydrogen) atoms. The van der Waals surface area contributed by atoms with Crippen molar-refractivity contribution < 1.29 is 27.4 Å². The van der Waals surface area contributed by atoms with Crippen molar-refractivity contribution in [1.82, 2.24) is 4.72 Å². The first kappa shape index (κ1) is 35.4. The van der Waals surface area contributed by atoms with E-state index >= 15 is 4.39 Å². The molecule has 5 rings (SSSR count). The SMILES string of the molecule is C=CCC[C@@H](CC)S(=O)(=O)NC(=O)c1cc2c(cc1F)OC[C@]1(CCCc3cc(Cl)ccc31)CN2C[C@@H]1CC[C@H]1[C@@H](O)/C=C/CCC. The van der Waals surface area contributed by atoms with Crippen LogP contribution in [0.2, 0.25) is 5.02 Å². The van der Waals surface area contributed by atoms with E-state index in [0.717, 1.165) is 50.5 Å². The average molecular weight is 687 g/mol. The van der Waals surface area contributed by atoms with Crippen molar-refractivity contribution in [2.24, 2.45) is 11.8 Å². The number of halogens is 2. The lowest BCUT2D eigenvalue weighted by molar-refractivity contribution is 0.0456. The number of aliphatic hydroxyl groups is 1. The smallest absolute Gasteiger partial charge is 0.267 e. The number of amides is 1. The van der Waals surface area contributed by atoms with E-state index in [1.807, 2.05) is 24.3 Å². The molecule has 0 radical (unpaired) electrons. The van der Waals surface area contributed by atoms with Crippen LogP contribution in [0.25, 0.3) is 0 Å². The number of unbranched alkanes of at least 4 members (excludes halogenated alkanes) is 1. The van der Waals surface area contributed by atoms with Gasteiger partial charge < -0.3 is 14.7 Å². The second kappa shape index (κ2) is 15.1. The van der Waals surface area contributed by atoms with Gasteiger partial charge in [-0.3, -0.25) is 4.79 Å². The molecule has 2 aliphatic carbocycles. The Morgan fingerprint density at radius 2 is 2.06 bits per heavy atom. The molecular weight excluding hydrogens is 639 g/mol. The summed E-state index contributed by atoms with van der Waals surface area (Å²) in [7, 11) is -4.05. The van der Waals surface area contributed by atoms with Crippen LogP contribution in [0.4, 0.5) is 10.1 Å². The zero-order valence-electron chi connectivity index (χ0n) is 27.5. The zero-order chi connectivity index (χ0) is 33.8. The Hall–Kier alpha value is -2.88. The molecule has 7 nitrogen and oxygen atoms in total. The van der Waals surface area contributed by atoms with Crippen LogP contribution in [-0.4, -0.2) is 50.5 Å². The first-order chi connectivity index (χ1) is 22.5. The maximum atomic E-state index is 15.7. The molecule has 3 aliphatic rings. The lowest BCUT2D eigenvalue weighted by Crippen LogP contribution is -2.49. The molecule has 5 atom stereocenters. The Bertz CT molecular complexity index is 1600. The van der Waals surface area contributed by atoms with Crippen LogP contribution in [0, 0.1) is 17.7 Å². The Labute approximate surface area is 284 Å². The van der Waals surface area contributed by atoms with E-state index in [1.54, 1.807) is 13.0 Å². The minimum absolute atomic E-state index is 0.0824. The minimum atomic E-state index is -4.05. The van der Waals surface area contributed by atoms with Crippen LogP contribution >= 0.6 is 11.6 Å². The molecule has 2 aromatic rings. The van der Waals surface area contributed by atoms with E-state index in [4.69, 9.17) is 16.3 Å². The number of hydrogen-bond donors (Lipinski definition) is 2. The van der Waals surface area contributed by atoms with Crippen molar-refractivity contribution in [3.8, 4) is 5.75 Å². The zero-order valence-corrected chi connectivity index (χ0v) is 29.1. The van der Waals surface area contributed by atoms with Gasteiger partial charge in [-0.05, 0) is 98.9 Å². The van der Waals surface area contributed by atoms with E-state index in [2.05, 4.69) is 29.2 Å². The number of rotatable bonds is 13. The molecule has 10 heteroatoms. The molecule has 0 aromatic heterocycles. The monoisotopic (exact) mass is 686 g/mol. The molecule has 1 amide bonds. The third-order valence-electron chi connectivity index (χ3n) is 10.4. The predicted octanol–water partition coefficient (Wildman–Crippen LogP) is 7.50. The summed E-state index contributed by atoms with van der Waals surface area (Å²) in [5.74, 6) is -1.28. The van der Waals surface area contributed by atoms with Crippen molar-refractivity contribution >= 4 is 33.2 Å². The first-order valence-corrected chi connectivity index (χ1v) is 19.0. The Kier molecular flexibility index (Phi) is 11.4. The maximum absolute atomic E-state index is 15.7. The number of aliphatic hydroxyl groups excluding tert-OH is 1. The van der Waals surface area contributed by atoms with Gasteiger partial charge in [0.1, 0.15) is 11.6 Å². The second-order valence-electron chi connectivity index (χ2n) is 13.5. The fraction of sp³-hybridized carbons (Fsp3) is 0.541. The fourth-order valence-corrected chi connectivity index (χ4v) is 9.17. The summed E-state index contributed by atoms with van der Waals surface area (Å²) in [6.45, 7) is 8.97. The van der Waals surface area contributed by atoms with Gasteiger partial charge in [0, 0.05) is 29.6 Å². The summed E-state index contributed by atoms with van der Waals surface area (Å²) < 4.78 is 50.5. The highest BCUT2D eigenvalue weighted by molar-refractivity contribution is 7.90. The van der Waals surface area contributed by atoms with Gasteiger partial charge in [0.15, 0.2) is 0 Å². The van der Waals surface area contributed by atoms with Crippen LogP contribution < -0.4 is 14.4 Å². The molecular formula is C37H48ClFN2O5S. The molecule has 1 fully saturated rings. The molecule has 0 unspecified atom stereocenters. The summed E-state index contributed by atoms with van der Waals surface area (Å²) in [6.07, 6.45) is 12.6. The highest BCUT2D eigenvalue weighted by atomic mass is 35.5. The number of aryl methyl sites for hydroxylation is 1. The van der Waals surface area contributed by atoms with Gasteiger partial charge in [-0.25, -0.2) is 17.5 Å². The number of nitrogens with zero attached hydrogens (tertiary/aromatic N) is 1. The third kappa shape index (κ3) is 7.73. The van der Waals surface area contributed by atoms with E-state index in [0.29, 0.717) is 55.4 Å². The number of sulfonamides is 1. The quantitative estimate of drug-likeness (QED) is 0.212. The summed E-state index contributed by atoms with van der Waals surface area (Å²) >= 11 is 6.39. The van der Waals surface area contributed by atoms with E-state index in [-0.39, 0.29) is 17.4 Å². The number of fused-ring (bicyclic) bond motifs is 3. The van der Waals surface area contributed by atoms with Crippen molar-refractivity contribution in [1.29, 1.82) is 0 Å². The number of hydrogen-bond acceptors (Lipinski definition) is 6. The number of ether oxygens (including phenoxy) is 1. The first-order valence-electron chi connectivity index (χ1n) is 17.0. The average Bonchev–Trinajstić information content (AvgIpc) is 3.15. The van der Waals surface area contributed by atoms with Gasteiger partial charge in [0.05, 0.1) is 29.2 Å². The molecule has 1 aliphatic heterocycles. The third-order valence-corrected chi connectivity index (χ3v) is 12.5. The molecule has 2 aromatic carbocycles. The number of carbonyl (C=O) groups excluding carboxylic acids is 1. The lowest BCUT2D eigenvalue weighted by atomic mass is 9.68. The standard InChI is InChI=1S/C37H48ClFN2O5S/c1-4-7-9-13-34(42)29-16-14-26(29)22-41-23-37(18-10-11-25-19-27(38)15-17-31(25)37)24-46-35-21-32(39)30(20-33(35)41)36(43)40-47(44,45)28(6-3)12-8-5-2/h5,9,13,15,17,19-21,26,28-29,34,42H,2,4,6-8,10-12,14,16,18,22-24H2,1,3H3,(H,40,43)/b13-9+/t26-,28+,29+,34-,37-/m0/s1. The predicted molar refractivity (Wildman–Crippen MR) is 186 cm³/mol. The Morgan fingerprint density at radius 3 is 2.77 bits per heavy atom. The number of benzene rings is 2. The van der Waals surface area contributed by atoms with Crippen molar-refractivity contribution in [3.05, 3.63) is 82.7 Å². The highest BCUT2D eigenvalue weighted by Gasteiger charge is 2.44. The lowest BCUT2D eigenvalue weighted by Gasteiger charge is -2.45. The summed E-state index contributed by atoms with van der Waals surface area (Å²) in [6, 6.07) is 8.64. The summed E-state index contributed by atoms with van der Waals surface area (Å²) in [5.41, 5.74) is 2.13. The fourth-order valence-electron chi connectivity index (χ4n) is 7.56. The van der Waals surface area contributed by atoms with Crippen LogP contribution in [-0.2, 0) is 21.9 Å². The van der Waals surface area contributed by atoms with Crippen molar-refractivity contribution in [3.63, 3.8) is 0 Å².